The van der Waals surface area contributed by atoms with Gasteiger partial charge in [0.05, 0.1) is 10.2 Å². The molecule has 0 saturated carbocycles. The Hall–Kier alpha value is -1.39. The van der Waals surface area contributed by atoms with Crippen LogP contribution in [0.25, 0.3) is 0 Å². The van der Waals surface area contributed by atoms with Gasteiger partial charge < -0.3 is 10.5 Å². The summed E-state index contributed by atoms with van der Waals surface area (Å²) in [6, 6.07) is 12.0. The first kappa shape index (κ1) is 14.0. The van der Waals surface area contributed by atoms with E-state index in [2.05, 4.69) is 27.0 Å². The molecular weight excluding hydrogens is 304 g/mol. The van der Waals surface area contributed by atoms with E-state index in [9.17, 15) is 0 Å². The Morgan fingerprint density at radius 2 is 2.16 bits per heavy atom. The molecule has 0 aliphatic heterocycles. The Labute approximate surface area is 121 Å². The Balaban J connectivity index is 2.01. The van der Waals surface area contributed by atoms with Crippen LogP contribution in [-0.4, -0.2) is 11.0 Å². The normalized spacial score (nSPS) is 12.2. The Morgan fingerprint density at radius 1 is 1.32 bits per heavy atom. The third-order valence-corrected chi connectivity index (χ3v) is 3.28. The fraction of sp³-hybridized carbons (Fsp3) is 0.267. The molecule has 2 N–H and O–H groups in total. The first-order valence-electron chi connectivity index (χ1n) is 6.22. The van der Waals surface area contributed by atoms with Crippen molar-refractivity contribution in [1.29, 1.82) is 0 Å². The quantitative estimate of drug-likeness (QED) is 0.919. The smallest absolute Gasteiger partial charge is 0.134 e. The van der Waals surface area contributed by atoms with Gasteiger partial charge in [-0.3, -0.25) is 4.98 Å². The minimum Gasteiger partial charge on any atom is -0.486 e. The van der Waals surface area contributed by atoms with Gasteiger partial charge in [0.25, 0.3) is 0 Å². The number of hydrogen-bond acceptors (Lipinski definition) is 3. The third kappa shape index (κ3) is 4.33. The maximum Gasteiger partial charge on any atom is 0.134 e. The number of pyridine rings is 1. The minimum atomic E-state index is 0.159. The predicted octanol–water partition coefficient (Wildman–Crippen LogP) is 3.31. The summed E-state index contributed by atoms with van der Waals surface area (Å²) in [6.07, 6.45) is 2.62. The van der Waals surface area contributed by atoms with Crippen LogP contribution < -0.4 is 10.5 Å². The maximum absolute atomic E-state index is 5.79. The highest BCUT2D eigenvalue weighted by molar-refractivity contribution is 9.10. The van der Waals surface area contributed by atoms with E-state index in [1.165, 1.54) is 5.56 Å². The number of benzene rings is 1. The number of halogens is 1. The first-order chi connectivity index (χ1) is 9.15. The molecule has 0 spiro atoms. The summed E-state index contributed by atoms with van der Waals surface area (Å²) in [5.41, 5.74) is 7.90. The predicted molar refractivity (Wildman–Crippen MR) is 80.1 cm³/mol. The lowest BCUT2D eigenvalue weighted by molar-refractivity contribution is 0.299. The Morgan fingerprint density at radius 3 is 2.79 bits per heavy atom. The fourth-order valence-corrected chi connectivity index (χ4v) is 2.34. The van der Waals surface area contributed by atoms with E-state index in [1.54, 1.807) is 6.20 Å². The molecule has 0 aliphatic rings. The van der Waals surface area contributed by atoms with E-state index >= 15 is 0 Å². The van der Waals surface area contributed by atoms with Gasteiger partial charge in [-0.2, -0.15) is 0 Å². The second-order valence-corrected chi connectivity index (χ2v) is 5.41. The molecule has 0 radical (unpaired) electrons. The van der Waals surface area contributed by atoms with Crippen LogP contribution in [0.4, 0.5) is 0 Å². The molecule has 0 saturated heterocycles. The van der Waals surface area contributed by atoms with E-state index in [1.807, 2.05) is 37.3 Å². The Bertz CT molecular complexity index is 529. The molecule has 1 heterocycles. The summed E-state index contributed by atoms with van der Waals surface area (Å²) in [6.45, 7) is 2.46. The summed E-state index contributed by atoms with van der Waals surface area (Å²) in [4.78, 5) is 4.22. The zero-order chi connectivity index (χ0) is 13.7. The van der Waals surface area contributed by atoms with Crippen molar-refractivity contribution in [2.45, 2.75) is 26.0 Å². The summed E-state index contributed by atoms with van der Waals surface area (Å²) >= 11 is 3.52. The van der Waals surface area contributed by atoms with Crippen molar-refractivity contribution in [2.75, 3.05) is 0 Å². The number of aromatic nitrogens is 1. The Kier molecular flexibility index (Phi) is 4.93. The largest absolute Gasteiger partial charge is 0.486 e. The number of rotatable bonds is 5. The van der Waals surface area contributed by atoms with Crippen LogP contribution >= 0.6 is 15.9 Å². The van der Waals surface area contributed by atoms with E-state index in [-0.39, 0.29) is 6.04 Å². The van der Waals surface area contributed by atoms with Crippen molar-refractivity contribution in [3.8, 4) is 5.75 Å². The van der Waals surface area contributed by atoms with Crippen molar-refractivity contribution in [3.05, 3.63) is 58.3 Å². The van der Waals surface area contributed by atoms with Gasteiger partial charge in [0.15, 0.2) is 0 Å². The number of ether oxygens (including phenoxy) is 1. The molecular formula is C15H17BrN2O. The number of nitrogens with zero attached hydrogens (tertiary/aromatic N) is 1. The van der Waals surface area contributed by atoms with Crippen LogP contribution in [0.2, 0.25) is 0 Å². The highest BCUT2D eigenvalue weighted by Gasteiger charge is 2.05. The molecule has 2 aromatic rings. The van der Waals surface area contributed by atoms with E-state index in [0.717, 1.165) is 22.3 Å². The molecule has 0 aliphatic carbocycles. The van der Waals surface area contributed by atoms with Crippen molar-refractivity contribution in [3.63, 3.8) is 0 Å². The minimum absolute atomic E-state index is 0.159. The molecule has 100 valence electrons. The molecule has 1 unspecified atom stereocenters. The van der Waals surface area contributed by atoms with Crippen molar-refractivity contribution in [2.24, 2.45) is 5.73 Å². The summed E-state index contributed by atoms with van der Waals surface area (Å²) in [5.74, 6) is 0.819. The zero-order valence-corrected chi connectivity index (χ0v) is 12.4. The molecule has 0 bridgehead atoms. The summed E-state index contributed by atoms with van der Waals surface area (Å²) < 4.78 is 6.69. The molecule has 1 aromatic heterocycles. The zero-order valence-electron chi connectivity index (χ0n) is 10.8. The third-order valence-electron chi connectivity index (χ3n) is 2.66. The number of hydrogen-bond donors (Lipinski definition) is 1. The van der Waals surface area contributed by atoms with Gasteiger partial charge in [-0.1, -0.05) is 12.1 Å². The van der Waals surface area contributed by atoms with Gasteiger partial charge in [-0.25, -0.2) is 0 Å². The average molecular weight is 321 g/mol. The second kappa shape index (κ2) is 6.68. The molecule has 1 aromatic carbocycles. The molecule has 0 amide bonds. The second-order valence-electron chi connectivity index (χ2n) is 4.56. The number of nitrogens with two attached hydrogens (primary N) is 1. The van der Waals surface area contributed by atoms with Gasteiger partial charge in [0, 0.05) is 12.2 Å². The van der Waals surface area contributed by atoms with Crippen LogP contribution in [0.3, 0.4) is 0 Å². The lowest BCUT2D eigenvalue weighted by Gasteiger charge is -2.10. The van der Waals surface area contributed by atoms with Gasteiger partial charge in [0.1, 0.15) is 12.4 Å². The van der Waals surface area contributed by atoms with Crippen molar-refractivity contribution < 1.29 is 4.74 Å². The van der Waals surface area contributed by atoms with Gasteiger partial charge in [0.2, 0.25) is 0 Å². The SMILES string of the molecule is CC(N)Cc1ccc(OCc2ccccn2)c(Br)c1. The monoisotopic (exact) mass is 320 g/mol. The van der Waals surface area contributed by atoms with E-state index in [0.29, 0.717) is 6.61 Å². The van der Waals surface area contributed by atoms with E-state index < -0.39 is 0 Å². The lowest BCUT2D eigenvalue weighted by atomic mass is 10.1. The van der Waals surface area contributed by atoms with Gasteiger partial charge in [-0.15, -0.1) is 0 Å². The first-order valence-corrected chi connectivity index (χ1v) is 7.01. The topological polar surface area (TPSA) is 48.1 Å². The average Bonchev–Trinajstić information content (AvgIpc) is 2.38. The summed E-state index contributed by atoms with van der Waals surface area (Å²) in [7, 11) is 0. The molecule has 0 fully saturated rings. The van der Waals surface area contributed by atoms with Gasteiger partial charge >= 0.3 is 0 Å². The van der Waals surface area contributed by atoms with E-state index in [4.69, 9.17) is 10.5 Å². The van der Waals surface area contributed by atoms with Crippen LogP contribution in [0, 0.1) is 0 Å². The van der Waals surface area contributed by atoms with Crippen LogP contribution in [0.15, 0.2) is 47.1 Å². The molecule has 2 rings (SSSR count). The molecule has 19 heavy (non-hydrogen) atoms. The standard InChI is InChI=1S/C15H17BrN2O/c1-11(17)8-12-5-6-15(14(16)9-12)19-10-13-4-2-3-7-18-13/h2-7,9,11H,8,10,17H2,1H3. The molecule has 3 nitrogen and oxygen atoms in total. The van der Waals surface area contributed by atoms with Gasteiger partial charge in [-0.05, 0) is 59.1 Å². The van der Waals surface area contributed by atoms with Crippen molar-refractivity contribution >= 4 is 15.9 Å². The summed E-state index contributed by atoms with van der Waals surface area (Å²) in [5, 5.41) is 0. The lowest BCUT2D eigenvalue weighted by Crippen LogP contribution is -2.17. The fourth-order valence-electron chi connectivity index (χ4n) is 1.80. The molecule has 1 atom stereocenters. The highest BCUT2D eigenvalue weighted by atomic mass is 79.9. The maximum atomic E-state index is 5.79. The van der Waals surface area contributed by atoms with Crippen LogP contribution in [-0.2, 0) is 13.0 Å². The van der Waals surface area contributed by atoms with Crippen molar-refractivity contribution in [1.82, 2.24) is 4.98 Å². The molecule has 4 heteroatoms. The highest BCUT2D eigenvalue weighted by Crippen LogP contribution is 2.27. The van der Waals surface area contributed by atoms with Crippen LogP contribution in [0.5, 0.6) is 5.75 Å². The van der Waals surface area contributed by atoms with Crippen LogP contribution in [0.1, 0.15) is 18.2 Å².